The molecule has 1 unspecified atom stereocenters. The first kappa shape index (κ1) is 16.9. The molecule has 3 aromatic rings. The Labute approximate surface area is 146 Å². The van der Waals surface area contributed by atoms with E-state index in [4.69, 9.17) is 0 Å². The molecule has 0 aliphatic rings. The van der Waals surface area contributed by atoms with Crippen molar-refractivity contribution in [3.63, 3.8) is 0 Å². The number of hydrogen-bond acceptors (Lipinski definition) is 4. The van der Waals surface area contributed by atoms with E-state index < -0.39 is 6.10 Å². The van der Waals surface area contributed by atoms with E-state index in [1.807, 2.05) is 67.6 Å². The fourth-order valence-electron chi connectivity index (χ4n) is 2.54. The summed E-state index contributed by atoms with van der Waals surface area (Å²) < 4.78 is 1.69. The molecule has 2 N–H and O–H groups in total. The molecule has 128 valence electrons. The standard InChI is InChI=1S/C19H20N4O2/c1-14-18(21-22-23(14)13-15-8-4-2-5-9-15)19(25)20-12-17(24)16-10-6-3-7-11-16/h2-11,17,24H,12-13H2,1H3,(H,20,25). The van der Waals surface area contributed by atoms with Gasteiger partial charge in [0.1, 0.15) is 0 Å². The second-order valence-corrected chi connectivity index (χ2v) is 5.80. The zero-order valence-electron chi connectivity index (χ0n) is 14.0. The highest BCUT2D eigenvalue weighted by Crippen LogP contribution is 2.12. The summed E-state index contributed by atoms with van der Waals surface area (Å²) in [6, 6.07) is 19.1. The molecule has 0 spiro atoms. The second-order valence-electron chi connectivity index (χ2n) is 5.80. The van der Waals surface area contributed by atoms with Crippen LogP contribution in [0.2, 0.25) is 0 Å². The molecule has 1 heterocycles. The summed E-state index contributed by atoms with van der Waals surface area (Å²) in [6.45, 7) is 2.49. The molecule has 1 amide bonds. The normalized spacial score (nSPS) is 11.9. The number of benzene rings is 2. The number of nitrogens with one attached hydrogen (secondary N) is 1. The average molecular weight is 336 g/mol. The van der Waals surface area contributed by atoms with Gasteiger partial charge in [-0.05, 0) is 18.1 Å². The maximum absolute atomic E-state index is 12.3. The van der Waals surface area contributed by atoms with Gasteiger partial charge in [-0.3, -0.25) is 4.79 Å². The fraction of sp³-hybridized carbons (Fsp3) is 0.211. The predicted molar refractivity (Wildman–Crippen MR) is 94.0 cm³/mol. The highest BCUT2D eigenvalue weighted by molar-refractivity contribution is 5.93. The van der Waals surface area contributed by atoms with Gasteiger partial charge in [0.05, 0.1) is 18.3 Å². The van der Waals surface area contributed by atoms with Gasteiger partial charge < -0.3 is 10.4 Å². The van der Waals surface area contributed by atoms with Crippen LogP contribution in [0.3, 0.4) is 0 Å². The van der Waals surface area contributed by atoms with E-state index in [1.54, 1.807) is 4.68 Å². The lowest BCUT2D eigenvalue weighted by molar-refractivity contribution is 0.0910. The van der Waals surface area contributed by atoms with Gasteiger partial charge in [-0.15, -0.1) is 5.10 Å². The summed E-state index contributed by atoms with van der Waals surface area (Å²) >= 11 is 0. The molecule has 25 heavy (non-hydrogen) atoms. The Morgan fingerprint density at radius 1 is 1.12 bits per heavy atom. The third-order valence-electron chi connectivity index (χ3n) is 4.01. The van der Waals surface area contributed by atoms with Crippen LogP contribution in [0.15, 0.2) is 60.7 Å². The number of carbonyl (C=O) groups is 1. The van der Waals surface area contributed by atoms with Crippen molar-refractivity contribution >= 4 is 5.91 Å². The minimum Gasteiger partial charge on any atom is -0.387 e. The first-order valence-electron chi connectivity index (χ1n) is 8.10. The van der Waals surface area contributed by atoms with Gasteiger partial charge >= 0.3 is 0 Å². The largest absolute Gasteiger partial charge is 0.387 e. The molecule has 6 nitrogen and oxygen atoms in total. The monoisotopic (exact) mass is 336 g/mol. The lowest BCUT2D eigenvalue weighted by atomic mass is 10.1. The predicted octanol–water partition coefficient (Wildman–Crippen LogP) is 2.10. The highest BCUT2D eigenvalue weighted by Gasteiger charge is 2.17. The number of hydrogen-bond donors (Lipinski definition) is 2. The maximum atomic E-state index is 12.3. The molecule has 0 aliphatic heterocycles. The van der Waals surface area contributed by atoms with Crippen LogP contribution in [0.5, 0.6) is 0 Å². The van der Waals surface area contributed by atoms with E-state index in [0.717, 1.165) is 11.1 Å². The van der Waals surface area contributed by atoms with Crippen LogP contribution in [0.1, 0.15) is 33.4 Å². The molecule has 0 radical (unpaired) electrons. The highest BCUT2D eigenvalue weighted by atomic mass is 16.3. The third-order valence-corrected chi connectivity index (χ3v) is 4.01. The number of aliphatic hydroxyl groups is 1. The smallest absolute Gasteiger partial charge is 0.273 e. The molecule has 0 aliphatic carbocycles. The molecule has 0 bridgehead atoms. The van der Waals surface area contributed by atoms with E-state index in [9.17, 15) is 9.90 Å². The molecule has 2 aromatic carbocycles. The molecule has 1 atom stereocenters. The molecule has 0 saturated heterocycles. The average Bonchev–Trinajstić information content (AvgIpc) is 3.01. The number of aromatic nitrogens is 3. The maximum Gasteiger partial charge on any atom is 0.273 e. The van der Waals surface area contributed by atoms with Crippen molar-refractivity contribution in [2.45, 2.75) is 19.6 Å². The Bertz CT molecular complexity index is 831. The number of carbonyl (C=O) groups excluding carboxylic acids is 1. The molecule has 1 aromatic heterocycles. The Morgan fingerprint density at radius 2 is 1.76 bits per heavy atom. The Balaban J connectivity index is 1.63. The first-order chi connectivity index (χ1) is 12.1. The number of nitrogens with zero attached hydrogens (tertiary/aromatic N) is 3. The fourth-order valence-corrected chi connectivity index (χ4v) is 2.54. The number of rotatable bonds is 6. The Hall–Kier alpha value is -2.99. The number of amides is 1. The summed E-state index contributed by atoms with van der Waals surface area (Å²) in [6.07, 6.45) is -0.759. The van der Waals surface area contributed by atoms with E-state index in [2.05, 4.69) is 15.6 Å². The number of aliphatic hydroxyl groups excluding tert-OH is 1. The third kappa shape index (κ3) is 4.10. The summed E-state index contributed by atoms with van der Waals surface area (Å²) in [7, 11) is 0. The Kier molecular flexibility index (Phi) is 5.20. The van der Waals surface area contributed by atoms with E-state index in [0.29, 0.717) is 12.2 Å². The lowest BCUT2D eigenvalue weighted by Crippen LogP contribution is -2.29. The zero-order valence-corrected chi connectivity index (χ0v) is 14.0. The molecule has 0 saturated carbocycles. The van der Waals surface area contributed by atoms with Crippen LogP contribution >= 0.6 is 0 Å². The molecular weight excluding hydrogens is 316 g/mol. The van der Waals surface area contributed by atoms with Gasteiger partial charge in [-0.2, -0.15) is 0 Å². The van der Waals surface area contributed by atoms with Gasteiger partial charge in [0.25, 0.3) is 5.91 Å². The van der Waals surface area contributed by atoms with Gasteiger partial charge in [0, 0.05) is 6.54 Å². The molecular formula is C19H20N4O2. The van der Waals surface area contributed by atoms with Gasteiger partial charge in [0.2, 0.25) is 0 Å². The summed E-state index contributed by atoms with van der Waals surface area (Å²) in [4.78, 5) is 12.3. The zero-order chi connectivity index (χ0) is 17.6. The van der Waals surface area contributed by atoms with Gasteiger partial charge in [0.15, 0.2) is 5.69 Å². The lowest BCUT2D eigenvalue weighted by Gasteiger charge is -2.11. The first-order valence-corrected chi connectivity index (χ1v) is 8.10. The van der Waals surface area contributed by atoms with E-state index >= 15 is 0 Å². The van der Waals surface area contributed by atoms with Crippen LogP contribution in [-0.4, -0.2) is 32.6 Å². The minimum atomic E-state index is -0.759. The molecule has 6 heteroatoms. The molecule has 0 fully saturated rings. The van der Waals surface area contributed by atoms with Crippen molar-refractivity contribution in [3.05, 3.63) is 83.2 Å². The summed E-state index contributed by atoms with van der Waals surface area (Å²) in [5.74, 6) is -0.341. The van der Waals surface area contributed by atoms with Crippen molar-refractivity contribution in [2.75, 3.05) is 6.54 Å². The van der Waals surface area contributed by atoms with Crippen LogP contribution in [-0.2, 0) is 6.54 Å². The second kappa shape index (κ2) is 7.72. The van der Waals surface area contributed by atoms with Crippen molar-refractivity contribution < 1.29 is 9.90 Å². The van der Waals surface area contributed by atoms with Crippen molar-refractivity contribution in [1.29, 1.82) is 0 Å². The SMILES string of the molecule is Cc1c(C(=O)NCC(O)c2ccccc2)nnn1Cc1ccccc1. The van der Waals surface area contributed by atoms with Crippen LogP contribution in [0.4, 0.5) is 0 Å². The van der Waals surface area contributed by atoms with Crippen molar-refractivity contribution in [1.82, 2.24) is 20.3 Å². The van der Waals surface area contributed by atoms with Crippen LogP contribution in [0.25, 0.3) is 0 Å². The van der Waals surface area contributed by atoms with Gasteiger partial charge in [-0.1, -0.05) is 65.9 Å². The summed E-state index contributed by atoms with van der Waals surface area (Å²) in [5, 5.41) is 20.9. The van der Waals surface area contributed by atoms with E-state index in [-0.39, 0.29) is 18.1 Å². The van der Waals surface area contributed by atoms with Crippen molar-refractivity contribution in [3.8, 4) is 0 Å². The van der Waals surface area contributed by atoms with Crippen LogP contribution < -0.4 is 5.32 Å². The minimum absolute atomic E-state index is 0.119. The van der Waals surface area contributed by atoms with E-state index in [1.165, 1.54) is 0 Å². The topological polar surface area (TPSA) is 80.0 Å². The molecule has 3 rings (SSSR count). The van der Waals surface area contributed by atoms with Gasteiger partial charge in [-0.25, -0.2) is 4.68 Å². The Morgan fingerprint density at radius 3 is 2.44 bits per heavy atom. The summed E-state index contributed by atoms with van der Waals surface area (Å²) in [5.41, 5.74) is 2.81. The van der Waals surface area contributed by atoms with Crippen molar-refractivity contribution in [2.24, 2.45) is 0 Å². The van der Waals surface area contributed by atoms with Crippen LogP contribution in [0, 0.1) is 6.92 Å². The quantitative estimate of drug-likeness (QED) is 0.722.